The maximum absolute atomic E-state index is 13.1. The van der Waals surface area contributed by atoms with Gasteiger partial charge in [-0.1, -0.05) is 40.9 Å². The Morgan fingerprint density at radius 3 is 2.26 bits per heavy atom. The lowest BCUT2D eigenvalue weighted by Crippen LogP contribution is -2.50. The quantitative estimate of drug-likeness (QED) is 0.366. The molecule has 0 atom stereocenters. The number of amides is 1. The third-order valence-corrected chi connectivity index (χ3v) is 7.94. The second kappa shape index (κ2) is 10.9. The van der Waals surface area contributed by atoms with Crippen molar-refractivity contribution in [2.24, 2.45) is 0 Å². The molecule has 0 aliphatic carbocycles. The van der Waals surface area contributed by atoms with E-state index in [9.17, 15) is 26.4 Å². The first-order valence-electron chi connectivity index (χ1n) is 11.1. The number of alkyl halides is 6. The fraction of sp³-hybridized carbons (Fsp3) is 0.304. The fourth-order valence-electron chi connectivity index (χ4n) is 3.79. The van der Waals surface area contributed by atoms with E-state index in [-0.39, 0.29) is 36.6 Å². The van der Waals surface area contributed by atoms with Gasteiger partial charge in [-0.25, -0.2) is 13.2 Å². The summed E-state index contributed by atoms with van der Waals surface area (Å²) in [7, 11) is -3.84. The van der Waals surface area contributed by atoms with Crippen LogP contribution in [0.2, 0.25) is 0 Å². The molecule has 38 heavy (non-hydrogen) atoms. The highest BCUT2D eigenvalue weighted by atomic mass is 35.6. The molecule has 4 rings (SSSR count). The minimum atomic E-state index is -4.48. The van der Waals surface area contributed by atoms with Crippen LogP contribution in [-0.2, 0) is 20.9 Å². The van der Waals surface area contributed by atoms with Crippen molar-refractivity contribution in [3.05, 3.63) is 60.3 Å². The van der Waals surface area contributed by atoms with Gasteiger partial charge < -0.3 is 15.0 Å². The van der Waals surface area contributed by atoms with Crippen molar-refractivity contribution < 1.29 is 31.1 Å². The molecule has 1 aliphatic heterocycles. The molecule has 0 unspecified atom stereocenters. The third-order valence-electron chi connectivity index (χ3n) is 5.70. The minimum absolute atomic E-state index is 0.0460. The van der Waals surface area contributed by atoms with Crippen LogP contribution in [-0.4, -0.2) is 65.3 Å². The van der Waals surface area contributed by atoms with E-state index in [1.807, 2.05) is 0 Å². The highest BCUT2D eigenvalue weighted by Crippen LogP contribution is 2.33. The van der Waals surface area contributed by atoms with Gasteiger partial charge in [0.15, 0.2) is 0 Å². The lowest BCUT2D eigenvalue weighted by Gasteiger charge is -2.33. The van der Waals surface area contributed by atoms with E-state index in [1.54, 1.807) is 18.2 Å². The van der Waals surface area contributed by atoms with Crippen LogP contribution in [0.15, 0.2) is 59.6 Å². The van der Waals surface area contributed by atoms with Crippen molar-refractivity contribution >= 4 is 73.2 Å². The number of fused-ring (bicyclic) bond motifs is 1. The molecular weight excluding hydrogens is 592 g/mol. The monoisotopic (exact) mass is 610 g/mol. The van der Waals surface area contributed by atoms with Gasteiger partial charge >= 0.3 is 12.3 Å². The SMILES string of the molecule is O=C(OCC(Cl)(Cl)Cl)N1CCN(S(=O)(=O)c2ccc(Nc3ccnc4cc(C(F)(F)F)ccc34)cc2)CC1. The molecule has 1 fully saturated rings. The average Bonchev–Trinajstić information content (AvgIpc) is 2.86. The Morgan fingerprint density at radius 2 is 1.66 bits per heavy atom. The minimum Gasteiger partial charge on any atom is -0.445 e. The maximum atomic E-state index is 13.1. The molecule has 0 bridgehead atoms. The Hall–Kier alpha value is -2.51. The van der Waals surface area contributed by atoms with Crippen LogP contribution in [0, 0.1) is 0 Å². The molecule has 15 heteroatoms. The highest BCUT2D eigenvalue weighted by Gasteiger charge is 2.32. The van der Waals surface area contributed by atoms with E-state index in [4.69, 9.17) is 39.5 Å². The van der Waals surface area contributed by atoms with Gasteiger partial charge in [0.25, 0.3) is 0 Å². The van der Waals surface area contributed by atoms with Gasteiger partial charge in [0.05, 0.1) is 16.0 Å². The molecule has 204 valence electrons. The van der Waals surface area contributed by atoms with Crippen LogP contribution in [0.1, 0.15) is 5.56 Å². The zero-order valence-corrected chi connectivity index (χ0v) is 22.5. The summed E-state index contributed by atoms with van der Waals surface area (Å²) in [6, 6.07) is 10.8. The number of carbonyl (C=O) groups is 1. The first-order valence-corrected chi connectivity index (χ1v) is 13.6. The predicted octanol–water partition coefficient (Wildman–Crippen LogP) is 5.81. The molecular formula is C23H20Cl3F3N4O4S. The number of sulfonamides is 1. The van der Waals surface area contributed by atoms with Crippen molar-refractivity contribution in [2.75, 3.05) is 38.1 Å². The Balaban J connectivity index is 1.42. The van der Waals surface area contributed by atoms with E-state index in [2.05, 4.69) is 10.3 Å². The van der Waals surface area contributed by atoms with Gasteiger partial charge in [-0.15, -0.1) is 0 Å². The number of ether oxygens (including phenoxy) is 1. The summed E-state index contributed by atoms with van der Waals surface area (Å²) in [5, 5.41) is 3.56. The molecule has 3 aromatic rings. The summed E-state index contributed by atoms with van der Waals surface area (Å²) in [6.45, 7) is -0.132. The number of carbonyl (C=O) groups excluding carboxylic acids is 1. The Labute approximate surface area is 231 Å². The number of rotatable bonds is 5. The topological polar surface area (TPSA) is 91.8 Å². The molecule has 1 saturated heterocycles. The molecule has 1 aliphatic rings. The van der Waals surface area contributed by atoms with E-state index in [1.165, 1.54) is 33.6 Å². The zero-order valence-electron chi connectivity index (χ0n) is 19.4. The summed E-state index contributed by atoms with van der Waals surface area (Å²) in [5.74, 6) is 0. The van der Waals surface area contributed by atoms with Gasteiger partial charge in [0, 0.05) is 49.1 Å². The van der Waals surface area contributed by atoms with E-state index < -0.39 is 38.3 Å². The molecule has 1 N–H and O–H groups in total. The summed E-state index contributed by atoms with van der Waals surface area (Å²) < 4.78 is 69.7. The van der Waals surface area contributed by atoms with Crippen molar-refractivity contribution in [1.82, 2.24) is 14.2 Å². The number of benzene rings is 2. The highest BCUT2D eigenvalue weighted by molar-refractivity contribution is 7.89. The second-order valence-corrected chi connectivity index (χ2v) is 12.8. The van der Waals surface area contributed by atoms with Crippen LogP contribution < -0.4 is 5.32 Å². The molecule has 8 nitrogen and oxygen atoms in total. The fourth-order valence-corrected chi connectivity index (χ4v) is 5.38. The number of anilines is 2. The summed E-state index contributed by atoms with van der Waals surface area (Å²) in [5.41, 5.74) is 0.402. The zero-order chi connectivity index (χ0) is 27.7. The third kappa shape index (κ3) is 6.73. The largest absolute Gasteiger partial charge is 0.445 e. The number of pyridine rings is 1. The van der Waals surface area contributed by atoms with Crippen LogP contribution in [0.5, 0.6) is 0 Å². The van der Waals surface area contributed by atoms with Crippen molar-refractivity contribution in [1.29, 1.82) is 0 Å². The van der Waals surface area contributed by atoms with Gasteiger partial charge in [-0.3, -0.25) is 4.98 Å². The van der Waals surface area contributed by atoms with Crippen LogP contribution in [0.25, 0.3) is 10.9 Å². The van der Waals surface area contributed by atoms with Gasteiger partial charge in [0.1, 0.15) is 6.61 Å². The van der Waals surface area contributed by atoms with E-state index >= 15 is 0 Å². The van der Waals surface area contributed by atoms with E-state index in [0.29, 0.717) is 16.8 Å². The first kappa shape index (κ1) is 28.5. The van der Waals surface area contributed by atoms with Crippen molar-refractivity contribution in [3.8, 4) is 0 Å². The lowest BCUT2D eigenvalue weighted by molar-refractivity contribution is -0.137. The van der Waals surface area contributed by atoms with Crippen LogP contribution >= 0.6 is 34.8 Å². The predicted molar refractivity (Wildman–Crippen MR) is 138 cm³/mol. The molecule has 2 heterocycles. The molecule has 0 spiro atoms. The van der Waals surface area contributed by atoms with Gasteiger partial charge in [-0.2, -0.15) is 17.5 Å². The number of nitrogens with zero attached hydrogens (tertiary/aromatic N) is 3. The number of piperazine rings is 1. The number of nitrogens with one attached hydrogen (secondary N) is 1. The number of aromatic nitrogens is 1. The number of hydrogen-bond donors (Lipinski definition) is 1. The molecule has 0 saturated carbocycles. The standard InChI is InChI=1S/C23H20Cl3F3N4O4S/c24-22(25,26)14-37-21(34)32-9-11-33(12-10-32)38(35,36)17-4-2-16(3-5-17)31-19-7-8-30-20-13-15(23(27,28)29)1-6-18(19)20/h1-8,13H,9-12,14H2,(H,30,31). The van der Waals surface area contributed by atoms with E-state index in [0.717, 1.165) is 12.1 Å². The molecule has 2 aromatic carbocycles. The Bertz CT molecular complexity index is 1430. The van der Waals surface area contributed by atoms with Crippen LogP contribution in [0.4, 0.5) is 29.3 Å². The Kier molecular flexibility index (Phi) is 8.20. The molecule has 1 amide bonds. The normalized spacial score (nSPS) is 15.5. The average molecular weight is 612 g/mol. The Morgan fingerprint density at radius 1 is 1.00 bits per heavy atom. The van der Waals surface area contributed by atoms with Gasteiger partial charge in [0.2, 0.25) is 13.8 Å². The number of hydrogen-bond acceptors (Lipinski definition) is 6. The summed E-state index contributed by atoms with van der Waals surface area (Å²) in [6.07, 6.45) is -3.80. The summed E-state index contributed by atoms with van der Waals surface area (Å²) in [4.78, 5) is 17.5. The van der Waals surface area contributed by atoms with Crippen molar-refractivity contribution in [2.45, 2.75) is 14.9 Å². The second-order valence-electron chi connectivity index (χ2n) is 8.30. The van der Waals surface area contributed by atoms with Gasteiger partial charge in [-0.05, 0) is 42.5 Å². The number of halogens is 6. The first-order chi connectivity index (χ1) is 17.7. The molecule has 1 aromatic heterocycles. The smallest absolute Gasteiger partial charge is 0.416 e. The molecule has 0 radical (unpaired) electrons. The van der Waals surface area contributed by atoms with Crippen LogP contribution in [0.3, 0.4) is 0 Å². The van der Waals surface area contributed by atoms with Crippen molar-refractivity contribution in [3.63, 3.8) is 0 Å². The lowest BCUT2D eigenvalue weighted by atomic mass is 10.1. The summed E-state index contributed by atoms with van der Waals surface area (Å²) >= 11 is 16.7. The maximum Gasteiger partial charge on any atom is 0.416 e.